The summed E-state index contributed by atoms with van der Waals surface area (Å²) in [5, 5.41) is 14.2. The van der Waals surface area contributed by atoms with Gasteiger partial charge in [-0.25, -0.2) is 4.68 Å². The van der Waals surface area contributed by atoms with Crippen molar-refractivity contribution >= 4 is 5.91 Å². The number of nitrogens with one attached hydrogen (secondary N) is 2. The van der Waals surface area contributed by atoms with E-state index in [0.717, 1.165) is 19.5 Å². The minimum Gasteiger partial charge on any atom is -0.347 e. The summed E-state index contributed by atoms with van der Waals surface area (Å²) in [5.74, 6) is 0.304. The number of rotatable bonds is 4. The Labute approximate surface area is 122 Å². The fourth-order valence-corrected chi connectivity index (χ4v) is 2.69. The molecule has 2 fully saturated rings. The van der Waals surface area contributed by atoms with Gasteiger partial charge in [0, 0.05) is 25.0 Å². The lowest BCUT2D eigenvalue weighted by Crippen LogP contribution is -2.43. The number of carbonyl (C=O) groups excluding carboxylic acids is 1. The topological polar surface area (TPSA) is 71.8 Å². The third-order valence-electron chi connectivity index (χ3n) is 4.21. The third kappa shape index (κ3) is 2.42. The SMILES string of the molecule is O=C(NC1CC1c1ccccc1)c1cn(C2CNC2)nn1. The van der Waals surface area contributed by atoms with Gasteiger partial charge in [-0.2, -0.15) is 0 Å². The van der Waals surface area contributed by atoms with Crippen LogP contribution in [0.1, 0.15) is 34.4 Å². The van der Waals surface area contributed by atoms with Gasteiger partial charge >= 0.3 is 0 Å². The summed E-state index contributed by atoms with van der Waals surface area (Å²) in [6, 6.07) is 10.8. The molecule has 108 valence electrons. The summed E-state index contributed by atoms with van der Waals surface area (Å²) in [4.78, 5) is 12.2. The minimum atomic E-state index is -0.128. The van der Waals surface area contributed by atoms with Gasteiger partial charge < -0.3 is 10.6 Å². The molecule has 2 heterocycles. The van der Waals surface area contributed by atoms with Crippen molar-refractivity contribution in [3.63, 3.8) is 0 Å². The van der Waals surface area contributed by atoms with Crippen molar-refractivity contribution in [3.8, 4) is 0 Å². The van der Waals surface area contributed by atoms with Gasteiger partial charge in [0.25, 0.3) is 5.91 Å². The Kier molecular flexibility index (Phi) is 2.96. The fraction of sp³-hybridized carbons (Fsp3) is 0.400. The molecule has 1 aliphatic carbocycles. The van der Waals surface area contributed by atoms with Crippen molar-refractivity contribution in [1.82, 2.24) is 25.6 Å². The van der Waals surface area contributed by atoms with Crippen molar-refractivity contribution in [2.75, 3.05) is 13.1 Å². The standard InChI is InChI=1S/C15H17N5O/c21-15(14-9-20(19-18-14)11-7-16-8-11)17-13-6-12(13)10-4-2-1-3-5-10/h1-5,9,11-13,16H,6-8H2,(H,17,21). The number of benzene rings is 1. The molecular formula is C15H17N5O. The lowest BCUT2D eigenvalue weighted by atomic mass is 10.1. The maximum Gasteiger partial charge on any atom is 0.273 e. The van der Waals surface area contributed by atoms with E-state index < -0.39 is 0 Å². The monoisotopic (exact) mass is 283 g/mol. The van der Waals surface area contributed by atoms with E-state index >= 15 is 0 Å². The van der Waals surface area contributed by atoms with E-state index in [1.807, 2.05) is 18.2 Å². The molecule has 2 aliphatic rings. The quantitative estimate of drug-likeness (QED) is 0.867. The Morgan fingerprint density at radius 1 is 1.29 bits per heavy atom. The van der Waals surface area contributed by atoms with Gasteiger partial charge in [0.05, 0.1) is 12.2 Å². The Morgan fingerprint density at radius 2 is 2.10 bits per heavy atom. The highest BCUT2D eigenvalue weighted by Crippen LogP contribution is 2.40. The summed E-state index contributed by atoms with van der Waals surface area (Å²) < 4.78 is 1.77. The van der Waals surface area contributed by atoms with Gasteiger partial charge in [0.15, 0.2) is 5.69 Å². The maximum absolute atomic E-state index is 12.2. The smallest absolute Gasteiger partial charge is 0.273 e. The van der Waals surface area contributed by atoms with Crippen LogP contribution in [0.3, 0.4) is 0 Å². The fourth-order valence-electron chi connectivity index (χ4n) is 2.69. The molecule has 6 nitrogen and oxygen atoms in total. The average molecular weight is 283 g/mol. The lowest BCUT2D eigenvalue weighted by Gasteiger charge is -2.26. The molecule has 1 aromatic heterocycles. The van der Waals surface area contributed by atoms with Crippen LogP contribution in [0.25, 0.3) is 0 Å². The summed E-state index contributed by atoms with van der Waals surface area (Å²) in [7, 11) is 0. The van der Waals surface area contributed by atoms with Crippen LogP contribution in [-0.2, 0) is 0 Å². The second kappa shape index (κ2) is 4.96. The van der Waals surface area contributed by atoms with Crippen LogP contribution in [0.2, 0.25) is 0 Å². The number of hydrogen-bond donors (Lipinski definition) is 2. The van der Waals surface area contributed by atoms with Gasteiger partial charge in [-0.05, 0) is 12.0 Å². The average Bonchev–Trinajstić information content (AvgIpc) is 3.04. The van der Waals surface area contributed by atoms with Gasteiger partial charge in [-0.15, -0.1) is 5.10 Å². The van der Waals surface area contributed by atoms with Gasteiger partial charge in [-0.1, -0.05) is 35.5 Å². The molecule has 1 aliphatic heterocycles. The second-order valence-corrected chi connectivity index (χ2v) is 5.73. The number of aromatic nitrogens is 3. The van der Waals surface area contributed by atoms with Crippen LogP contribution in [0.15, 0.2) is 36.5 Å². The Morgan fingerprint density at radius 3 is 2.81 bits per heavy atom. The van der Waals surface area contributed by atoms with Crippen LogP contribution >= 0.6 is 0 Å². The van der Waals surface area contributed by atoms with Crippen LogP contribution < -0.4 is 10.6 Å². The number of carbonyl (C=O) groups is 1. The Hall–Kier alpha value is -2.21. The first kappa shape index (κ1) is 12.5. The first-order chi connectivity index (χ1) is 10.3. The van der Waals surface area contributed by atoms with Crippen LogP contribution in [0.5, 0.6) is 0 Å². The first-order valence-corrected chi connectivity index (χ1v) is 7.29. The summed E-state index contributed by atoms with van der Waals surface area (Å²) >= 11 is 0. The molecule has 6 heteroatoms. The highest BCUT2D eigenvalue weighted by Gasteiger charge is 2.39. The van der Waals surface area contributed by atoms with Gasteiger partial charge in [0.1, 0.15) is 0 Å². The number of hydrogen-bond acceptors (Lipinski definition) is 4. The normalized spacial score (nSPS) is 24.4. The molecule has 21 heavy (non-hydrogen) atoms. The molecule has 2 N–H and O–H groups in total. The molecule has 0 radical (unpaired) electrons. The highest BCUT2D eigenvalue weighted by atomic mass is 16.2. The van der Waals surface area contributed by atoms with Crippen molar-refractivity contribution in [2.45, 2.75) is 24.4 Å². The number of nitrogens with zero attached hydrogens (tertiary/aromatic N) is 3. The van der Waals surface area contributed by atoms with Gasteiger partial charge in [0.2, 0.25) is 0 Å². The number of amides is 1. The van der Waals surface area contributed by atoms with Crippen LogP contribution in [0, 0.1) is 0 Å². The molecule has 2 aromatic rings. The Bertz CT molecular complexity index is 649. The molecule has 2 atom stereocenters. The molecule has 1 saturated carbocycles. The highest BCUT2D eigenvalue weighted by molar-refractivity contribution is 5.92. The zero-order valence-electron chi connectivity index (χ0n) is 11.6. The zero-order valence-corrected chi connectivity index (χ0v) is 11.6. The molecule has 0 spiro atoms. The molecule has 1 aromatic carbocycles. The van der Waals surface area contributed by atoms with E-state index in [0.29, 0.717) is 17.7 Å². The molecule has 4 rings (SSSR count). The van der Waals surface area contributed by atoms with E-state index in [9.17, 15) is 4.79 Å². The third-order valence-corrected chi connectivity index (χ3v) is 4.21. The van der Waals surface area contributed by atoms with E-state index in [4.69, 9.17) is 0 Å². The first-order valence-electron chi connectivity index (χ1n) is 7.29. The second-order valence-electron chi connectivity index (χ2n) is 5.73. The van der Waals surface area contributed by atoms with Crippen LogP contribution in [0.4, 0.5) is 0 Å². The van der Waals surface area contributed by atoms with Crippen molar-refractivity contribution < 1.29 is 4.79 Å². The van der Waals surface area contributed by atoms with Crippen LogP contribution in [-0.4, -0.2) is 40.0 Å². The predicted molar refractivity (Wildman–Crippen MR) is 77.0 cm³/mol. The van der Waals surface area contributed by atoms with E-state index in [-0.39, 0.29) is 11.9 Å². The molecule has 1 saturated heterocycles. The molecular weight excluding hydrogens is 266 g/mol. The van der Waals surface area contributed by atoms with Crippen molar-refractivity contribution in [1.29, 1.82) is 0 Å². The lowest BCUT2D eigenvalue weighted by molar-refractivity contribution is 0.0945. The summed E-state index contributed by atoms with van der Waals surface area (Å²) in [6.45, 7) is 1.78. The van der Waals surface area contributed by atoms with Crippen molar-refractivity contribution in [2.24, 2.45) is 0 Å². The van der Waals surface area contributed by atoms with E-state index in [1.165, 1.54) is 5.56 Å². The van der Waals surface area contributed by atoms with Gasteiger partial charge in [-0.3, -0.25) is 4.79 Å². The maximum atomic E-state index is 12.2. The molecule has 1 amide bonds. The predicted octanol–water partition coefficient (Wildman–Crippen LogP) is 0.708. The summed E-state index contributed by atoms with van der Waals surface area (Å²) in [5.41, 5.74) is 1.69. The van der Waals surface area contributed by atoms with E-state index in [1.54, 1.807) is 10.9 Å². The Balaban J connectivity index is 1.37. The minimum absolute atomic E-state index is 0.128. The zero-order chi connectivity index (χ0) is 14.2. The van der Waals surface area contributed by atoms with Crippen molar-refractivity contribution in [3.05, 3.63) is 47.8 Å². The molecule has 0 bridgehead atoms. The molecule has 2 unspecified atom stereocenters. The largest absolute Gasteiger partial charge is 0.347 e. The summed E-state index contributed by atoms with van der Waals surface area (Å²) in [6.07, 6.45) is 2.73. The van der Waals surface area contributed by atoms with E-state index in [2.05, 4.69) is 33.1 Å².